The summed E-state index contributed by atoms with van der Waals surface area (Å²) >= 11 is 0. The topological polar surface area (TPSA) is 72.4 Å². The van der Waals surface area contributed by atoms with Crippen molar-refractivity contribution in [2.75, 3.05) is 13.1 Å². The summed E-state index contributed by atoms with van der Waals surface area (Å²) in [6, 6.07) is 3.57. The van der Waals surface area contributed by atoms with Gasteiger partial charge in [0.05, 0.1) is 11.6 Å². The Hall–Kier alpha value is -1.88. The predicted molar refractivity (Wildman–Crippen MR) is 74.2 cm³/mol. The van der Waals surface area contributed by atoms with Crippen LogP contribution in [0.4, 0.5) is 0 Å². The number of aromatic nitrogens is 1. The van der Waals surface area contributed by atoms with Crippen LogP contribution in [0.25, 0.3) is 11.0 Å². The molecule has 5 nitrogen and oxygen atoms in total. The molecule has 2 fully saturated rings. The molecule has 5 heteroatoms. The summed E-state index contributed by atoms with van der Waals surface area (Å²) in [5.74, 6) is 0.409. The Morgan fingerprint density at radius 3 is 3.25 bits per heavy atom. The van der Waals surface area contributed by atoms with Crippen LogP contribution in [-0.4, -0.2) is 34.4 Å². The first-order valence-electron chi connectivity index (χ1n) is 7.08. The molecule has 3 heterocycles. The van der Waals surface area contributed by atoms with Crippen LogP contribution in [0.15, 0.2) is 29.0 Å². The van der Waals surface area contributed by atoms with Crippen molar-refractivity contribution >= 4 is 16.9 Å². The highest BCUT2D eigenvalue weighted by Gasteiger charge is 2.48. The fraction of sp³-hybridized carbons (Fsp3) is 0.467. The van der Waals surface area contributed by atoms with Gasteiger partial charge in [-0.2, -0.15) is 0 Å². The summed E-state index contributed by atoms with van der Waals surface area (Å²) < 4.78 is 5.33. The number of fused-ring (bicyclic) bond motifs is 2. The quantitative estimate of drug-likeness (QED) is 0.858. The van der Waals surface area contributed by atoms with Gasteiger partial charge in [0, 0.05) is 24.8 Å². The lowest BCUT2D eigenvalue weighted by Crippen LogP contribution is -2.45. The molecule has 0 radical (unpaired) electrons. The van der Waals surface area contributed by atoms with E-state index < -0.39 is 0 Å². The van der Waals surface area contributed by atoms with Crippen LogP contribution >= 0.6 is 0 Å². The lowest BCUT2D eigenvalue weighted by atomic mass is 9.92. The normalized spacial score (nSPS) is 29.1. The number of amides is 1. The number of rotatable bonds is 1. The molecule has 0 aromatic carbocycles. The molecular weight excluding hydrogens is 254 g/mol. The number of carbonyl (C=O) groups is 1. The lowest BCUT2D eigenvalue weighted by Gasteiger charge is -2.22. The molecule has 0 bridgehead atoms. The maximum absolute atomic E-state index is 12.7. The van der Waals surface area contributed by atoms with Gasteiger partial charge in [0.15, 0.2) is 0 Å². The maximum atomic E-state index is 12.7. The molecule has 1 saturated carbocycles. The molecule has 104 valence electrons. The highest BCUT2D eigenvalue weighted by atomic mass is 16.3. The molecule has 2 aromatic rings. The molecule has 0 spiro atoms. The average Bonchev–Trinajstić information content (AvgIpc) is 3.09. The van der Waals surface area contributed by atoms with Gasteiger partial charge in [-0.25, -0.2) is 0 Å². The number of likely N-dealkylation sites (tertiary alicyclic amines) is 1. The van der Waals surface area contributed by atoms with Crippen LogP contribution in [0.5, 0.6) is 0 Å². The van der Waals surface area contributed by atoms with E-state index in [1.54, 1.807) is 24.6 Å². The van der Waals surface area contributed by atoms with Crippen molar-refractivity contribution in [1.82, 2.24) is 9.88 Å². The van der Waals surface area contributed by atoms with Gasteiger partial charge in [-0.1, -0.05) is 6.42 Å². The summed E-state index contributed by atoms with van der Waals surface area (Å²) in [4.78, 5) is 18.8. The number of carbonyl (C=O) groups excluding carboxylic acids is 1. The Morgan fingerprint density at radius 1 is 1.50 bits per heavy atom. The summed E-state index contributed by atoms with van der Waals surface area (Å²) in [6.07, 6.45) is 6.54. The highest BCUT2D eigenvalue weighted by Crippen LogP contribution is 2.40. The van der Waals surface area contributed by atoms with Crippen LogP contribution < -0.4 is 5.73 Å². The van der Waals surface area contributed by atoms with Crippen LogP contribution in [-0.2, 0) is 0 Å². The molecule has 20 heavy (non-hydrogen) atoms. The van der Waals surface area contributed by atoms with E-state index in [-0.39, 0.29) is 11.4 Å². The fourth-order valence-corrected chi connectivity index (χ4v) is 3.71. The first kappa shape index (κ1) is 11.9. The number of hydrogen-bond acceptors (Lipinski definition) is 4. The molecule has 1 aliphatic carbocycles. The maximum Gasteiger partial charge on any atom is 0.273 e. The van der Waals surface area contributed by atoms with Crippen molar-refractivity contribution in [3.05, 3.63) is 30.3 Å². The van der Waals surface area contributed by atoms with Gasteiger partial charge in [-0.05, 0) is 30.9 Å². The number of pyridine rings is 1. The standard InChI is InChI=1S/C15H17N3O2/c16-15-5-1-2-10(15)8-18(9-15)14(19)13-11-4-7-20-12(11)3-6-17-13/h3-4,6-7,10H,1-2,5,8-9,16H2. The Labute approximate surface area is 116 Å². The van der Waals surface area contributed by atoms with Crippen molar-refractivity contribution in [1.29, 1.82) is 0 Å². The Bertz CT molecular complexity index is 681. The van der Waals surface area contributed by atoms with Crippen LogP contribution in [0.3, 0.4) is 0 Å². The Kier molecular flexibility index (Phi) is 2.41. The minimum Gasteiger partial charge on any atom is -0.464 e. The molecule has 2 atom stereocenters. The molecule has 2 aliphatic rings. The van der Waals surface area contributed by atoms with Gasteiger partial charge in [0.25, 0.3) is 5.91 Å². The van der Waals surface area contributed by atoms with E-state index in [1.165, 1.54) is 6.42 Å². The van der Waals surface area contributed by atoms with Gasteiger partial charge >= 0.3 is 0 Å². The third kappa shape index (κ3) is 1.59. The third-order valence-corrected chi connectivity index (χ3v) is 4.80. The molecule has 2 aromatic heterocycles. The monoisotopic (exact) mass is 271 g/mol. The van der Waals surface area contributed by atoms with Gasteiger partial charge in [0.2, 0.25) is 0 Å². The van der Waals surface area contributed by atoms with E-state index in [4.69, 9.17) is 10.2 Å². The fourth-order valence-electron chi connectivity index (χ4n) is 3.71. The van der Waals surface area contributed by atoms with Gasteiger partial charge < -0.3 is 15.1 Å². The third-order valence-electron chi connectivity index (χ3n) is 4.80. The zero-order chi connectivity index (χ0) is 13.7. The van der Waals surface area contributed by atoms with Crippen molar-refractivity contribution in [3.63, 3.8) is 0 Å². The summed E-state index contributed by atoms with van der Waals surface area (Å²) in [7, 11) is 0. The largest absolute Gasteiger partial charge is 0.464 e. The van der Waals surface area contributed by atoms with Gasteiger partial charge in [0.1, 0.15) is 11.3 Å². The zero-order valence-electron chi connectivity index (χ0n) is 11.2. The highest BCUT2D eigenvalue weighted by molar-refractivity contribution is 6.04. The van der Waals surface area contributed by atoms with Crippen molar-refractivity contribution < 1.29 is 9.21 Å². The molecule has 1 saturated heterocycles. The van der Waals surface area contributed by atoms with Crippen LogP contribution in [0, 0.1) is 5.92 Å². The second-order valence-electron chi connectivity index (χ2n) is 6.00. The minimum atomic E-state index is -0.181. The Morgan fingerprint density at radius 2 is 2.40 bits per heavy atom. The molecular formula is C15H17N3O2. The Balaban J connectivity index is 1.67. The number of furan rings is 1. The molecule has 2 unspecified atom stereocenters. The summed E-state index contributed by atoms with van der Waals surface area (Å²) in [5, 5.41) is 0.778. The first-order valence-corrected chi connectivity index (χ1v) is 7.08. The van der Waals surface area contributed by atoms with Crippen molar-refractivity contribution in [2.45, 2.75) is 24.8 Å². The molecule has 4 rings (SSSR count). The second kappa shape index (κ2) is 4.06. The van der Waals surface area contributed by atoms with E-state index in [2.05, 4.69) is 4.98 Å². The number of hydrogen-bond donors (Lipinski definition) is 1. The summed E-state index contributed by atoms with van der Waals surface area (Å²) in [6.45, 7) is 1.40. The minimum absolute atomic E-state index is 0.0313. The second-order valence-corrected chi connectivity index (χ2v) is 6.00. The number of nitrogens with zero attached hydrogens (tertiary/aromatic N) is 2. The van der Waals surface area contributed by atoms with Crippen LogP contribution in [0.2, 0.25) is 0 Å². The number of nitrogens with two attached hydrogens (primary N) is 1. The first-order chi connectivity index (χ1) is 9.67. The van der Waals surface area contributed by atoms with Gasteiger partial charge in [-0.15, -0.1) is 0 Å². The lowest BCUT2D eigenvalue weighted by molar-refractivity contribution is 0.0774. The smallest absolute Gasteiger partial charge is 0.273 e. The van der Waals surface area contributed by atoms with Crippen LogP contribution in [0.1, 0.15) is 29.8 Å². The van der Waals surface area contributed by atoms with Crippen molar-refractivity contribution in [2.24, 2.45) is 11.7 Å². The average molecular weight is 271 g/mol. The van der Waals surface area contributed by atoms with Crippen molar-refractivity contribution in [3.8, 4) is 0 Å². The summed E-state index contributed by atoms with van der Waals surface area (Å²) in [5.41, 5.74) is 7.42. The molecule has 1 aliphatic heterocycles. The van der Waals surface area contributed by atoms with E-state index in [9.17, 15) is 4.79 Å². The van der Waals surface area contributed by atoms with E-state index >= 15 is 0 Å². The molecule has 1 amide bonds. The zero-order valence-corrected chi connectivity index (χ0v) is 11.2. The molecule has 2 N–H and O–H groups in total. The SMILES string of the molecule is NC12CCCC1CN(C(=O)c1nccc3occc13)C2. The van der Waals surface area contributed by atoms with E-state index in [1.807, 2.05) is 4.90 Å². The predicted octanol–water partition coefficient (Wildman–Crippen LogP) is 1.78. The van der Waals surface area contributed by atoms with E-state index in [0.29, 0.717) is 23.7 Å². The van der Waals surface area contributed by atoms with E-state index in [0.717, 1.165) is 24.8 Å². The van der Waals surface area contributed by atoms with Gasteiger partial charge in [-0.3, -0.25) is 9.78 Å².